The first-order valence-corrected chi connectivity index (χ1v) is 16.3. The standard InChI is InChI=1S/C23H40GeO2/c1-4-7-16-24(17-8-5-2,18-9-6-3)23(15-20-26-21-19-25)22-13-11-10-12-14-22/h10-15,20,23,25H,4-9,16-19,21H2,1-3H3/b20-15-. The van der Waals surface area contributed by atoms with E-state index >= 15 is 0 Å². The second-order valence-electron chi connectivity index (χ2n) is 7.48. The van der Waals surface area contributed by atoms with Gasteiger partial charge < -0.3 is 0 Å². The summed E-state index contributed by atoms with van der Waals surface area (Å²) in [6, 6.07) is 11.1. The number of hydrogen-bond acceptors (Lipinski definition) is 2. The number of allylic oxidation sites excluding steroid dienone is 1. The number of hydrogen-bond donors (Lipinski definition) is 1. The molecular formula is C23H40GeO2. The molecule has 1 N–H and O–H groups in total. The van der Waals surface area contributed by atoms with Gasteiger partial charge in [-0.1, -0.05) is 0 Å². The molecule has 0 saturated heterocycles. The zero-order valence-electron chi connectivity index (χ0n) is 17.3. The Hall–Kier alpha value is -0.737. The van der Waals surface area contributed by atoms with Gasteiger partial charge in [0.15, 0.2) is 0 Å². The Bertz CT molecular complexity index is 451. The molecule has 1 rings (SSSR count). The molecule has 0 saturated carbocycles. The minimum atomic E-state index is -2.15. The maximum absolute atomic E-state index is 9.01. The molecule has 1 aromatic rings. The van der Waals surface area contributed by atoms with Crippen molar-refractivity contribution in [2.45, 2.75) is 79.8 Å². The van der Waals surface area contributed by atoms with Gasteiger partial charge in [0.1, 0.15) is 0 Å². The second kappa shape index (κ2) is 14.3. The number of benzene rings is 1. The van der Waals surface area contributed by atoms with Gasteiger partial charge in [0.2, 0.25) is 0 Å². The van der Waals surface area contributed by atoms with Crippen molar-refractivity contribution in [1.82, 2.24) is 0 Å². The van der Waals surface area contributed by atoms with Crippen LogP contribution in [-0.2, 0) is 4.74 Å². The van der Waals surface area contributed by atoms with Gasteiger partial charge in [-0.3, -0.25) is 0 Å². The van der Waals surface area contributed by atoms with Crippen molar-refractivity contribution in [2.24, 2.45) is 0 Å². The van der Waals surface area contributed by atoms with Crippen LogP contribution in [0.3, 0.4) is 0 Å². The van der Waals surface area contributed by atoms with E-state index in [1.807, 2.05) is 6.26 Å². The maximum atomic E-state index is 9.01. The van der Waals surface area contributed by atoms with Crippen molar-refractivity contribution in [1.29, 1.82) is 0 Å². The molecule has 2 nitrogen and oxygen atoms in total. The van der Waals surface area contributed by atoms with Crippen molar-refractivity contribution < 1.29 is 9.84 Å². The summed E-state index contributed by atoms with van der Waals surface area (Å²) in [5.41, 5.74) is 1.47. The van der Waals surface area contributed by atoms with Crippen LogP contribution >= 0.6 is 0 Å². The summed E-state index contributed by atoms with van der Waals surface area (Å²) in [6.45, 7) is 7.43. The van der Waals surface area contributed by atoms with Gasteiger partial charge in [0.05, 0.1) is 0 Å². The number of aliphatic hydroxyl groups excluding tert-OH is 1. The molecule has 0 radical (unpaired) electrons. The van der Waals surface area contributed by atoms with Crippen LogP contribution in [0.2, 0.25) is 15.8 Å². The SMILES string of the molecule is CCC[CH2][Ge]([CH2]CCC)([CH2]CCC)[CH](/C=C\OCCO)c1ccccc1. The molecule has 0 heterocycles. The Labute approximate surface area is 164 Å². The third-order valence-corrected chi connectivity index (χ3v) is 17.8. The first-order chi connectivity index (χ1) is 12.7. The Morgan fingerprint density at radius 2 is 1.46 bits per heavy atom. The Balaban J connectivity index is 3.23. The van der Waals surface area contributed by atoms with Crippen LogP contribution in [0.4, 0.5) is 0 Å². The summed E-state index contributed by atoms with van der Waals surface area (Å²) in [6.07, 6.45) is 12.2. The van der Waals surface area contributed by atoms with Crippen LogP contribution in [0.5, 0.6) is 0 Å². The summed E-state index contributed by atoms with van der Waals surface area (Å²) in [7, 11) is 0. The fourth-order valence-electron chi connectivity index (χ4n) is 4.01. The van der Waals surface area contributed by atoms with E-state index in [-0.39, 0.29) is 6.61 Å². The van der Waals surface area contributed by atoms with Gasteiger partial charge in [-0.2, -0.15) is 0 Å². The average molecular weight is 421 g/mol. The zero-order valence-corrected chi connectivity index (χ0v) is 19.4. The topological polar surface area (TPSA) is 29.5 Å². The monoisotopic (exact) mass is 422 g/mol. The molecule has 1 atom stereocenters. The summed E-state index contributed by atoms with van der Waals surface area (Å²) in [5, 5.41) is 13.4. The molecule has 0 aliphatic heterocycles. The molecule has 3 heteroatoms. The van der Waals surface area contributed by atoms with E-state index in [2.05, 4.69) is 57.2 Å². The van der Waals surface area contributed by atoms with Crippen LogP contribution < -0.4 is 0 Å². The van der Waals surface area contributed by atoms with Crippen molar-refractivity contribution >= 4 is 13.3 Å². The van der Waals surface area contributed by atoms with Gasteiger partial charge in [-0.25, -0.2) is 0 Å². The van der Waals surface area contributed by atoms with Crippen LogP contribution in [0, 0.1) is 0 Å². The zero-order chi connectivity index (χ0) is 19.1. The summed E-state index contributed by atoms with van der Waals surface area (Å²) in [4.78, 5) is 0. The van der Waals surface area contributed by atoms with Gasteiger partial charge in [0, 0.05) is 0 Å². The van der Waals surface area contributed by atoms with E-state index in [1.54, 1.807) is 0 Å². The fourth-order valence-corrected chi connectivity index (χ4v) is 17.1. The van der Waals surface area contributed by atoms with Gasteiger partial charge >= 0.3 is 164 Å². The number of ether oxygens (including phenoxy) is 1. The molecule has 0 aliphatic carbocycles. The first-order valence-electron chi connectivity index (χ1n) is 10.7. The Kier molecular flexibility index (Phi) is 12.8. The van der Waals surface area contributed by atoms with E-state index in [0.717, 1.165) is 0 Å². The van der Waals surface area contributed by atoms with Crippen molar-refractivity contribution in [3.63, 3.8) is 0 Å². The van der Waals surface area contributed by atoms with E-state index in [4.69, 9.17) is 9.84 Å². The predicted molar refractivity (Wildman–Crippen MR) is 116 cm³/mol. The second-order valence-corrected chi connectivity index (χ2v) is 17.7. The quantitative estimate of drug-likeness (QED) is 0.195. The molecule has 1 unspecified atom stereocenters. The number of rotatable bonds is 15. The van der Waals surface area contributed by atoms with E-state index in [0.29, 0.717) is 11.4 Å². The first kappa shape index (κ1) is 23.3. The molecule has 0 aliphatic rings. The van der Waals surface area contributed by atoms with Crippen LogP contribution in [-0.4, -0.2) is 31.6 Å². The number of unbranched alkanes of at least 4 members (excludes halogenated alkanes) is 3. The van der Waals surface area contributed by atoms with Gasteiger partial charge in [0.25, 0.3) is 0 Å². The predicted octanol–water partition coefficient (Wildman–Crippen LogP) is 6.68. The van der Waals surface area contributed by atoms with Crippen LogP contribution in [0.25, 0.3) is 0 Å². The summed E-state index contributed by atoms with van der Waals surface area (Å²) < 4.78 is 6.10. The normalized spacial score (nSPS) is 13.2. The average Bonchev–Trinajstić information content (AvgIpc) is 2.69. The molecule has 1 aromatic carbocycles. The Morgan fingerprint density at radius 3 is 1.92 bits per heavy atom. The molecule has 0 aromatic heterocycles. The van der Waals surface area contributed by atoms with Crippen molar-refractivity contribution in [3.8, 4) is 0 Å². The summed E-state index contributed by atoms with van der Waals surface area (Å²) >= 11 is -2.15. The van der Waals surface area contributed by atoms with E-state index in [1.165, 1.54) is 59.8 Å². The van der Waals surface area contributed by atoms with Gasteiger partial charge in [-0.15, -0.1) is 0 Å². The van der Waals surface area contributed by atoms with Crippen molar-refractivity contribution in [2.75, 3.05) is 13.2 Å². The van der Waals surface area contributed by atoms with Crippen LogP contribution in [0.1, 0.15) is 69.6 Å². The van der Waals surface area contributed by atoms with Gasteiger partial charge in [-0.05, 0) is 0 Å². The third-order valence-electron chi connectivity index (χ3n) is 5.48. The molecule has 0 fully saturated rings. The molecule has 0 amide bonds. The minimum absolute atomic E-state index is 0.0778. The molecule has 0 bridgehead atoms. The molecule has 148 valence electrons. The Morgan fingerprint density at radius 1 is 0.923 bits per heavy atom. The molecular weight excluding hydrogens is 381 g/mol. The van der Waals surface area contributed by atoms with E-state index < -0.39 is 13.3 Å². The third kappa shape index (κ3) is 7.88. The molecule has 26 heavy (non-hydrogen) atoms. The molecule has 0 spiro atoms. The fraction of sp³-hybridized carbons (Fsp3) is 0.652. The van der Waals surface area contributed by atoms with Crippen molar-refractivity contribution in [3.05, 3.63) is 48.2 Å². The summed E-state index contributed by atoms with van der Waals surface area (Å²) in [5.74, 6) is 0. The van der Waals surface area contributed by atoms with E-state index in [9.17, 15) is 0 Å². The number of aliphatic hydroxyl groups is 1. The van der Waals surface area contributed by atoms with Crippen LogP contribution in [0.15, 0.2) is 42.7 Å².